The van der Waals surface area contributed by atoms with Crippen LogP contribution in [0.3, 0.4) is 0 Å². The zero-order valence-electron chi connectivity index (χ0n) is 11.4. The van der Waals surface area contributed by atoms with Crippen molar-refractivity contribution in [2.24, 2.45) is 0 Å². The van der Waals surface area contributed by atoms with Crippen molar-refractivity contribution in [2.45, 2.75) is 31.8 Å². The Labute approximate surface area is 115 Å². The molecule has 3 rings (SSSR count). The van der Waals surface area contributed by atoms with Crippen molar-refractivity contribution >= 4 is 0 Å². The fraction of sp³-hybridized carbons (Fsp3) is 0.333. The number of aryl methyl sites for hydroxylation is 1. The quantitative estimate of drug-likeness (QED) is 0.773. The predicted molar refractivity (Wildman–Crippen MR) is 78.2 cm³/mol. The van der Waals surface area contributed by atoms with Crippen LogP contribution >= 0.6 is 0 Å². The van der Waals surface area contributed by atoms with Gasteiger partial charge in [0.2, 0.25) is 0 Å². The molecule has 0 saturated heterocycles. The van der Waals surface area contributed by atoms with Gasteiger partial charge in [0.15, 0.2) is 0 Å². The Morgan fingerprint density at radius 3 is 2.26 bits per heavy atom. The molecule has 98 valence electrons. The highest BCUT2D eigenvalue weighted by molar-refractivity contribution is 5.33. The van der Waals surface area contributed by atoms with Gasteiger partial charge in [-0.25, -0.2) is 0 Å². The third-order valence-corrected chi connectivity index (χ3v) is 4.01. The normalized spacial score (nSPS) is 16.3. The molecule has 0 aromatic heterocycles. The average molecular weight is 252 g/mol. The van der Waals surface area contributed by atoms with Gasteiger partial charge in [0, 0.05) is 5.41 Å². The smallest absolute Gasteiger partial charge is 0.0717 e. The Morgan fingerprint density at radius 2 is 1.63 bits per heavy atom. The summed E-state index contributed by atoms with van der Waals surface area (Å²) in [6.07, 6.45) is 2.51. The molecule has 1 nitrogen and oxygen atoms in total. The summed E-state index contributed by atoms with van der Waals surface area (Å²) in [5.41, 5.74) is 4.31. The summed E-state index contributed by atoms with van der Waals surface area (Å²) in [6, 6.07) is 19.3. The molecular weight excluding hydrogens is 232 g/mol. The zero-order chi connectivity index (χ0) is 13.1. The number of hydrogen-bond acceptors (Lipinski definition) is 1. The SMILES string of the molecule is Cc1ccc(C2(COCc3ccccc3)CC2)cc1. The van der Waals surface area contributed by atoms with Gasteiger partial charge in [-0.05, 0) is 30.9 Å². The standard InChI is InChI=1S/C18H20O/c1-15-7-9-17(10-8-15)18(11-12-18)14-19-13-16-5-3-2-4-6-16/h2-10H,11-14H2,1H3. The van der Waals surface area contributed by atoms with Crippen molar-refractivity contribution in [1.82, 2.24) is 0 Å². The van der Waals surface area contributed by atoms with E-state index >= 15 is 0 Å². The van der Waals surface area contributed by atoms with E-state index in [1.165, 1.54) is 29.5 Å². The molecule has 0 unspecified atom stereocenters. The minimum absolute atomic E-state index is 0.294. The lowest BCUT2D eigenvalue weighted by Gasteiger charge is -2.16. The number of hydrogen-bond donors (Lipinski definition) is 0. The summed E-state index contributed by atoms with van der Waals surface area (Å²) in [4.78, 5) is 0. The Hall–Kier alpha value is -1.60. The molecule has 0 N–H and O–H groups in total. The van der Waals surface area contributed by atoms with Gasteiger partial charge >= 0.3 is 0 Å². The summed E-state index contributed by atoms with van der Waals surface area (Å²) in [7, 11) is 0. The van der Waals surface area contributed by atoms with Crippen molar-refractivity contribution in [3.63, 3.8) is 0 Å². The van der Waals surface area contributed by atoms with E-state index in [0.29, 0.717) is 12.0 Å². The molecule has 2 aromatic rings. The van der Waals surface area contributed by atoms with Crippen molar-refractivity contribution in [1.29, 1.82) is 0 Å². The van der Waals surface area contributed by atoms with E-state index in [2.05, 4.69) is 55.5 Å². The van der Waals surface area contributed by atoms with Crippen LogP contribution in [0.5, 0.6) is 0 Å². The highest BCUT2D eigenvalue weighted by Crippen LogP contribution is 2.48. The monoisotopic (exact) mass is 252 g/mol. The lowest BCUT2D eigenvalue weighted by Crippen LogP contribution is -2.15. The van der Waals surface area contributed by atoms with E-state index in [1.807, 2.05) is 6.07 Å². The van der Waals surface area contributed by atoms with Gasteiger partial charge in [0.25, 0.3) is 0 Å². The van der Waals surface area contributed by atoms with E-state index in [4.69, 9.17) is 4.74 Å². The van der Waals surface area contributed by atoms with Crippen LogP contribution in [0, 0.1) is 6.92 Å². The third kappa shape index (κ3) is 2.87. The molecular formula is C18H20O. The second-order valence-electron chi connectivity index (χ2n) is 5.62. The van der Waals surface area contributed by atoms with Crippen molar-refractivity contribution in [2.75, 3.05) is 6.61 Å². The first-order valence-electron chi connectivity index (χ1n) is 6.97. The molecule has 0 amide bonds. The molecule has 0 atom stereocenters. The van der Waals surface area contributed by atoms with Gasteiger partial charge in [0.1, 0.15) is 0 Å². The first-order valence-corrected chi connectivity index (χ1v) is 6.97. The van der Waals surface area contributed by atoms with Gasteiger partial charge in [-0.15, -0.1) is 0 Å². The fourth-order valence-corrected chi connectivity index (χ4v) is 2.51. The second-order valence-corrected chi connectivity index (χ2v) is 5.62. The third-order valence-electron chi connectivity index (χ3n) is 4.01. The molecule has 2 aromatic carbocycles. The second kappa shape index (κ2) is 5.18. The van der Waals surface area contributed by atoms with Crippen LogP contribution < -0.4 is 0 Å². The molecule has 0 radical (unpaired) electrons. The van der Waals surface area contributed by atoms with E-state index in [0.717, 1.165) is 6.61 Å². The van der Waals surface area contributed by atoms with Crippen molar-refractivity contribution in [3.05, 3.63) is 71.3 Å². The largest absolute Gasteiger partial charge is 0.376 e. The number of benzene rings is 2. The molecule has 1 aliphatic carbocycles. The highest BCUT2D eigenvalue weighted by atomic mass is 16.5. The maximum Gasteiger partial charge on any atom is 0.0717 e. The maximum absolute atomic E-state index is 5.93. The number of rotatable bonds is 5. The molecule has 1 fully saturated rings. The van der Waals surface area contributed by atoms with Gasteiger partial charge in [-0.1, -0.05) is 60.2 Å². The first-order chi connectivity index (χ1) is 9.28. The summed E-state index contributed by atoms with van der Waals surface area (Å²) < 4.78 is 5.93. The summed E-state index contributed by atoms with van der Waals surface area (Å²) >= 11 is 0. The van der Waals surface area contributed by atoms with Gasteiger partial charge in [-0.3, -0.25) is 0 Å². The van der Waals surface area contributed by atoms with Crippen molar-refractivity contribution in [3.8, 4) is 0 Å². The van der Waals surface area contributed by atoms with E-state index < -0.39 is 0 Å². The molecule has 0 aliphatic heterocycles. The fourth-order valence-electron chi connectivity index (χ4n) is 2.51. The van der Waals surface area contributed by atoms with Gasteiger partial charge in [-0.2, -0.15) is 0 Å². The lowest BCUT2D eigenvalue weighted by molar-refractivity contribution is 0.100. The summed E-state index contributed by atoms with van der Waals surface area (Å²) in [6.45, 7) is 3.69. The summed E-state index contributed by atoms with van der Waals surface area (Å²) in [5.74, 6) is 0. The molecule has 1 heteroatoms. The Kier molecular flexibility index (Phi) is 3.39. The van der Waals surface area contributed by atoms with Crippen LogP contribution in [0.1, 0.15) is 29.5 Å². The zero-order valence-corrected chi connectivity index (χ0v) is 11.4. The Balaban J connectivity index is 1.59. The topological polar surface area (TPSA) is 9.23 Å². The van der Waals surface area contributed by atoms with Crippen LogP contribution in [-0.4, -0.2) is 6.61 Å². The molecule has 19 heavy (non-hydrogen) atoms. The van der Waals surface area contributed by atoms with Crippen LogP contribution in [0.2, 0.25) is 0 Å². The molecule has 0 spiro atoms. The van der Waals surface area contributed by atoms with E-state index in [-0.39, 0.29) is 0 Å². The Morgan fingerprint density at radius 1 is 0.947 bits per heavy atom. The summed E-state index contributed by atoms with van der Waals surface area (Å²) in [5, 5.41) is 0. The minimum Gasteiger partial charge on any atom is -0.376 e. The van der Waals surface area contributed by atoms with Crippen molar-refractivity contribution < 1.29 is 4.74 Å². The average Bonchev–Trinajstić information content (AvgIpc) is 3.22. The maximum atomic E-state index is 5.93. The molecule has 0 bridgehead atoms. The first kappa shape index (κ1) is 12.4. The highest BCUT2D eigenvalue weighted by Gasteiger charge is 2.44. The molecule has 1 aliphatic rings. The van der Waals surface area contributed by atoms with Gasteiger partial charge in [0.05, 0.1) is 13.2 Å². The predicted octanol–water partition coefficient (Wildman–Crippen LogP) is 4.24. The van der Waals surface area contributed by atoms with Crippen LogP contribution in [-0.2, 0) is 16.8 Å². The van der Waals surface area contributed by atoms with Crippen LogP contribution in [0.25, 0.3) is 0 Å². The van der Waals surface area contributed by atoms with Crippen LogP contribution in [0.15, 0.2) is 54.6 Å². The van der Waals surface area contributed by atoms with E-state index in [9.17, 15) is 0 Å². The lowest BCUT2D eigenvalue weighted by atomic mass is 9.96. The Bertz CT molecular complexity index is 523. The molecule has 0 heterocycles. The van der Waals surface area contributed by atoms with E-state index in [1.54, 1.807) is 0 Å². The van der Waals surface area contributed by atoms with Gasteiger partial charge < -0.3 is 4.74 Å². The molecule has 1 saturated carbocycles. The van der Waals surface area contributed by atoms with Crippen LogP contribution in [0.4, 0.5) is 0 Å². The minimum atomic E-state index is 0.294. The number of ether oxygens (including phenoxy) is 1.